The highest BCUT2D eigenvalue weighted by atomic mass is 32.1. The predicted molar refractivity (Wildman–Crippen MR) is 132 cm³/mol. The minimum Gasteiger partial charge on any atom is -0.497 e. The zero-order chi connectivity index (χ0) is 23.4. The summed E-state index contributed by atoms with van der Waals surface area (Å²) in [4.78, 5) is 17.2. The van der Waals surface area contributed by atoms with Crippen molar-refractivity contribution >= 4 is 40.0 Å². The van der Waals surface area contributed by atoms with Gasteiger partial charge < -0.3 is 19.2 Å². The third kappa shape index (κ3) is 4.96. The van der Waals surface area contributed by atoms with Gasteiger partial charge in [0.25, 0.3) is 5.91 Å². The Hall–Kier alpha value is -3.91. The molecular formula is C25H23N3O4S. The summed E-state index contributed by atoms with van der Waals surface area (Å²) >= 11 is 5.32. The number of hydrogen-bond acceptors (Lipinski definition) is 6. The molecule has 0 aliphatic rings. The van der Waals surface area contributed by atoms with E-state index >= 15 is 0 Å². The molecule has 0 radical (unpaired) electrons. The number of carbonyl (C=O) groups excluding carboxylic acids is 1. The van der Waals surface area contributed by atoms with Crippen molar-refractivity contribution in [2.45, 2.75) is 13.3 Å². The van der Waals surface area contributed by atoms with E-state index in [1.807, 2.05) is 30.3 Å². The Labute approximate surface area is 196 Å². The Morgan fingerprint density at radius 1 is 1.03 bits per heavy atom. The number of benzene rings is 3. The van der Waals surface area contributed by atoms with E-state index in [-0.39, 0.29) is 5.11 Å². The molecule has 33 heavy (non-hydrogen) atoms. The molecule has 7 nitrogen and oxygen atoms in total. The zero-order valence-electron chi connectivity index (χ0n) is 18.5. The number of aryl methyl sites for hydroxylation is 1. The van der Waals surface area contributed by atoms with Crippen LogP contribution in [-0.2, 0) is 6.42 Å². The second-order valence-electron chi connectivity index (χ2n) is 7.23. The second-order valence-corrected chi connectivity index (χ2v) is 7.63. The van der Waals surface area contributed by atoms with Crippen molar-refractivity contribution in [3.8, 4) is 23.0 Å². The Morgan fingerprint density at radius 3 is 2.52 bits per heavy atom. The van der Waals surface area contributed by atoms with Gasteiger partial charge in [0.05, 0.1) is 19.8 Å². The lowest BCUT2D eigenvalue weighted by Gasteiger charge is -2.12. The minimum absolute atomic E-state index is 0.149. The van der Waals surface area contributed by atoms with Gasteiger partial charge in [0.15, 0.2) is 10.7 Å². The molecule has 3 aromatic carbocycles. The number of anilines is 1. The first-order chi connectivity index (χ1) is 16.0. The standard InChI is InChI=1S/C25H23N3O4S/c1-4-15-5-7-16(8-6-15)24-27-20-13-17(9-12-21(20)32-24)26-25(33)28-23(29)19-11-10-18(30-2)14-22(19)31-3/h5-14H,4H2,1-3H3,(H2,26,28,29,33). The summed E-state index contributed by atoms with van der Waals surface area (Å²) in [5.74, 6) is 1.13. The maximum atomic E-state index is 12.7. The molecule has 0 atom stereocenters. The van der Waals surface area contributed by atoms with Crippen molar-refractivity contribution in [3.05, 3.63) is 71.8 Å². The molecule has 0 aliphatic heterocycles. The summed E-state index contributed by atoms with van der Waals surface area (Å²) in [6.07, 6.45) is 0.977. The highest BCUT2D eigenvalue weighted by molar-refractivity contribution is 7.80. The number of fused-ring (bicyclic) bond motifs is 1. The Balaban J connectivity index is 1.47. The van der Waals surface area contributed by atoms with Crippen molar-refractivity contribution in [3.63, 3.8) is 0 Å². The molecule has 0 unspecified atom stereocenters. The first-order valence-corrected chi connectivity index (χ1v) is 10.8. The number of oxazole rings is 1. The Morgan fingerprint density at radius 2 is 1.82 bits per heavy atom. The van der Waals surface area contributed by atoms with E-state index in [2.05, 4.69) is 34.7 Å². The van der Waals surface area contributed by atoms with Gasteiger partial charge in [0, 0.05) is 17.3 Å². The molecule has 168 valence electrons. The van der Waals surface area contributed by atoms with Crippen molar-refractivity contribution in [2.24, 2.45) is 0 Å². The quantitative estimate of drug-likeness (QED) is 0.382. The number of methoxy groups -OCH3 is 2. The lowest BCUT2D eigenvalue weighted by Crippen LogP contribution is -2.34. The number of amides is 1. The molecule has 1 amide bonds. The average molecular weight is 462 g/mol. The molecule has 4 aromatic rings. The summed E-state index contributed by atoms with van der Waals surface area (Å²) in [5, 5.41) is 5.82. The van der Waals surface area contributed by atoms with Crippen LogP contribution in [0.2, 0.25) is 0 Å². The van der Waals surface area contributed by atoms with Crippen molar-refractivity contribution in [1.82, 2.24) is 10.3 Å². The second kappa shape index (κ2) is 9.70. The number of carbonyl (C=O) groups is 1. The molecule has 0 aliphatic carbocycles. The first-order valence-electron chi connectivity index (χ1n) is 10.3. The molecule has 0 saturated heterocycles. The maximum absolute atomic E-state index is 12.7. The molecular weight excluding hydrogens is 438 g/mol. The fraction of sp³-hybridized carbons (Fsp3) is 0.160. The van der Waals surface area contributed by atoms with Crippen LogP contribution in [0.1, 0.15) is 22.8 Å². The van der Waals surface area contributed by atoms with E-state index in [0.717, 1.165) is 12.0 Å². The molecule has 0 fully saturated rings. The van der Waals surface area contributed by atoms with Gasteiger partial charge >= 0.3 is 0 Å². The van der Waals surface area contributed by atoms with Crippen LogP contribution in [0.5, 0.6) is 11.5 Å². The third-order valence-electron chi connectivity index (χ3n) is 5.13. The molecule has 0 spiro atoms. The van der Waals surface area contributed by atoms with Crippen LogP contribution in [0, 0.1) is 0 Å². The summed E-state index contributed by atoms with van der Waals surface area (Å²) in [7, 11) is 3.03. The smallest absolute Gasteiger partial charge is 0.261 e. The van der Waals surface area contributed by atoms with Crippen molar-refractivity contribution in [1.29, 1.82) is 0 Å². The normalized spacial score (nSPS) is 10.6. The zero-order valence-corrected chi connectivity index (χ0v) is 19.3. The van der Waals surface area contributed by atoms with Gasteiger partial charge in [-0.1, -0.05) is 19.1 Å². The van der Waals surface area contributed by atoms with E-state index in [1.54, 1.807) is 25.3 Å². The number of thiocarbonyl (C=S) groups is 1. The number of nitrogens with one attached hydrogen (secondary N) is 2. The summed E-state index contributed by atoms with van der Waals surface area (Å²) in [6.45, 7) is 2.11. The topological polar surface area (TPSA) is 85.6 Å². The van der Waals surface area contributed by atoms with E-state index in [4.69, 9.17) is 26.1 Å². The van der Waals surface area contributed by atoms with Crippen LogP contribution in [0.3, 0.4) is 0 Å². The summed E-state index contributed by atoms with van der Waals surface area (Å²) < 4.78 is 16.3. The van der Waals surface area contributed by atoms with Gasteiger partial charge in [-0.3, -0.25) is 10.1 Å². The SMILES string of the molecule is CCc1ccc(-c2nc3cc(NC(=S)NC(=O)c4ccc(OC)cc4OC)ccc3o2)cc1. The molecule has 0 bridgehead atoms. The largest absolute Gasteiger partial charge is 0.497 e. The third-order valence-corrected chi connectivity index (χ3v) is 5.34. The van der Waals surface area contributed by atoms with Crippen LogP contribution in [0.4, 0.5) is 5.69 Å². The van der Waals surface area contributed by atoms with Gasteiger partial charge in [-0.05, 0) is 66.7 Å². The lowest BCUT2D eigenvalue weighted by molar-refractivity contribution is 0.0974. The van der Waals surface area contributed by atoms with Crippen LogP contribution in [0.25, 0.3) is 22.6 Å². The van der Waals surface area contributed by atoms with E-state index in [1.165, 1.54) is 12.7 Å². The Bertz CT molecular complexity index is 1320. The average Bonchev–Trinajstić information content (AvgIpc) is 3.27. The van der Waals surface area contributed by atoms with Gasteiger partial charge in [0.2, 0.25) is 5.89 Å². The van der Waals surface area contributed by atoms with Gasteiger partial charge in [-0.25, -0.2) is 4.98 Å². The van der Waals surface area contributed by atoms with Gasteiger partial charge in [0.1, 0.15) is 17.0 Å². The first kappa shape index (κ1) is 22.3. The minimum atomic E-state index is -0.396. The fourth-order valence-corrected chi connectivity index (χ4v) is 3.54. The monoisotopic (exact) mass is 461 g/mol. The fourth-order valence-electron chi connectivity index (χ4n) is 3.33. The number of ether oxygens (including phenoxy) is 2. The van der Waals surface area contributed by atoms with Crippen LogP contribution < -0.4 is 20.1 Å². The summed E-state index contributed by atoms with van der Waals surface area (Å²) in [6, 6.07) is 18.5. The maximum Gasteiger partial charge on any atom is 0.261 e. The van der Waals surface area contributed by atoms with E-state index in [9.17, 15) is 4.79 Å². The predicted octanol–water partition coefficient (Wildman–Crippen LogP) is 5.20. The summed E-state index contributed by atoms with van der Waals surface area (Å²) in [5.41, 5.74) is 4.52. The lowest BCUT2D eigenvalue weighted by atomic mass is 10.1. The molecule has 0 saturated carbocycles. The molecule has 1 aromatic heterocycles. The van der Waals surface area contributed by atoms with Crippen molar-refractivity contribution in [2.75, 3.05) is 19.5 Å². The van der Waals surface area contributed by atoms with Crippen LogP contribution in [0.15, 0.2) is 65.1 Å². The van der Waals surface area contributed by atoms with Crippen LogP contribution >= 0.6 is 12.2 Å². The van der Waals surface area contributed by atoms with Crippen molar-refractivity contribution < 1.29 is 18.7 Å². The highest BCUT2D eigenvalue weighted by Gasteiger charge is 2.15. The number of hydrogen-bond donors (Lipinski definition) is 2. The highest BCUT2D eigenvalue weighted by Crippen LogP contribution is 2.27. The Kier molecular flexibility index (Phi) is 6.55. The molecule has 1 heterocycles. The molecule has 2 N–H and O–H groups in total. The number of aromatic nitrogens is 1. The molecule has 4 rings (SSSR count). The van der Waals surface area contributed by atoms with E-state index in [0.29, 0.717) is 39.7 Å². The number of rotatable bonds is 6. The van der Waals surface area contributed by atoms with Gasteiger partial charge in [-0.2, -0.15) is 0 Å². The molecule has 8 heteroatoms. The van der Waals surface area contributed by atoms with E-state index < -0.39 is 5.91 Å². The van der Waals surface area contributed by atoms with Crippen LogP contribution in [-0.4, -0.2) is 30.2 Å². The number of nitrogens with zero attached hydrogens (tertiary/aromatic N) is 1. The van der Waals surface area contributed by atoms with Gasteiger partial charge in [-0.15, -0.1) is 0 Å².